The van der Waals surface area contributed by atoms with E-state index in [1.807, 2.05) is 24.7 Å². The summed E-state index contributed by atoms with van der Waals surface area (Å²) >= 11 is 0. The molecule has 0 amide bonds. The van der Waals surface area contributed by atoms with Crippen molar-refractivity contribution in [2.75, 3.05) is 12.4 Å². The summed E-state index contributed by atoms with van der Waals surface area (Å²) < 4.78 is 1.92. The maximum atomic E-state index is 4.57. The number of rotatable bonds is 3. The molecule has 0 aromatic carbocycles. The molecule has 0 aliphatic carbocycles. The third kappa shape index (κ3) is 2.27. The monoisotopic (exact) mass is 231 g/mol. The van der Waals surface area contributed by atoms with E-state index in [0.29, 0.717) is 11.7 Å². The van der Waals surface area contributed by atoms with Gasteiger partial charge in [0.15, 0.2) is 5.82 Å². The molecule has 5 nitrogen and oxygen atoms in total. The van der Waals surface area contributed by atoms with E-state index in [0.717, 1.165) is 17.2 Å². The topological polar surface area (TPSA) is 55.6 Å². The summed E-state index contributed by atoms with van der Waals surface area (Å²) in [6, 6.07) is 1.98. The van der Waals surface area contributed by atoms with Crippen molar-refractivity contribution in [3.05, 3.63) is 24.3 Å². The molecule has 0 aliphatic heterocycles. The molecule has 5 heteroatoms. The highest BCUT2D eigenvalue weighted by molar-refractivity contribution is 5.53. The maximum absolute atomic E-state index is 4.57. The largest absolute Gasteiger partial charge is 0.373 e. The zero-order valence-electron chi connectivity index (χ0n) is 10.6. The summed E-state index contributed by atoms with van der Waals surface area (Å²) in [7, 11) is 3.80. The molecule has 0 bridgehead atoms. The van der Waals surface area contributed by atoms with E-state index >= 15 is 0 Å². The van der Waals surface area contributed by atoms with Crippen LogP contribution in [-0.2, 0) is 7.05 Å². The van der Waals surface area contributed by atoms with Crippen LogP contribution in [-0.4, -0.2) is 26.6 Å². The summed E-state index contributed by atoms with van der Waals surface area (Å²) in [6.45, 7) is 4.24. The number of hydrogen-bond donors (Lipinski definition) is 1. The van der Waals surface area contributed by atoms with E-state index in [-0.39, 0.29) is 0 Å². The van der Waals surface area contributed by atoms with Crippen molar-refractivity contribution < 1.29 is 0 Å². The first kappa shape index (κ1) is 11.6. The molecular weight excluding hydrogens is 214 g/mol. The standard InChI is InChI=1S/C12H17N5/c1-8(2)9-5-11(13-3)16-12(15-9)10-6-14-7-17(10)4/h5-8H,1-4H3,(H,13,15,16). The minimum Gasteiger partial charge on any atom is -0.373 e. The van der Waals surface area contributed by atoms with E-state index in [4.69, 9.17) is 0 Å². The average Bonchev–Trinajstić information content (AvgIpc) is 2.74. The summed E-state index contributed by atoms with van der Waals surface area (Å²) in [5, 5.41) is 3.06. The molecule has 0 unspecified atom stereocenters. The molecular formula is C12H17N5. The third-order valence-corrected chi connectivity index (χ3v) is 2.64. The second-order valence-corrected chi connectivity index (χ2v) is 4.30. The predicted molar refractivity (Wildman–Crippen MR) is 67.9 cm³/mol. The highest BCUT2D eigenvalue weighted by Gasteiger charge is 2.11. The van der Waals surface area contributed by atoms with E-state index in [2.05, 4.69) is 34.1 Å². The molecule has 2 aromatic rings. The van der Waals surface area contributed by atoms with Gasteiger partial charge in [0.05, 0.1) is 12.5 Å². The molecule has 2 aromatic heterocycles. The van der Waals surface area contributed by atoms with Crippen molar-refractivity contribution >= 4 is 5.82 Å². The molecule has 0 saturated carbocycles. The van der Waals surface area contributed by atoms with E-state index < -0.39 is 0 Å². The molecule has 0 aliphatic rings. The van der Waals surface area contributed by atoms with Crippen molar-refractivity contribution in [3.63, 3.8) is 0 Å². The first-order chi connectivity index (χ1) is 8.11. The number of anilines is 1. The lowest BCUT2D eigenvalue weighted by atomic mass is 10.1. The van der Waals surface area contributed by atoms with Gasteiger partial charge in [0.1, 0.15) is 11.5 Å². The van der Waals surface area contributed by atoms with E-state index in [1.54, 1.807) is 12.5 Å². The Hall–Kier alpha value is -1.91. The first-order valence-electron chi connectivity index (χ1n) is 5.65. The van der Waals surface area contributed by atoms with Crippen LogP contribution < -0.4 is 5.32 Å². The predicted octanol–water partition coefficient (Wildman–Crippen LogP) is 2.04. The molecule has 0 spiro atoms. The average molecular weight is 231 g/mol. The summed E-state index contributed by atoms with van der Waals surface area (Å²) in [6.07, 6.45) is 3.53. The molecule has 2 heterocycles. The van der Waals surface area contributed by atoms with Crippen LogP contribution in [0.4, 0.5) is 5.82 Å². The Balaban J connectivity index is 2.54. The van der Waals surface area contributed by atoms with Gasteiger partial charge in [0.2, 0.25) is 0 Å². The molecule has 1 N–H and O–H groups in total. The number of hydrogen-bond acceptors (Lipinski definition) is 4. The van der Waals surface area contributed by atoms with Crippen LogP contribution in [0.25, 0.3) is 11.5 Å². The summed E-state index contributed by atoms with van der Waals surface area (Å²) in [4.78, 5) is 13.1. The fraction of sp³-hybridized carbons (Fsp3) is 0.417. The van der Waals surface area contributed by atoms with Gasteiger partial charge in [0.25, 0.3) is 0 Å². The lowest BCUT2D eigenvalue weighted by Gasteiger charge is -2.10. The van der Waals surface area contributed by atoms with Gasteiger partial charge in [-0.3, -0.25) is 0 Å². The molecule has 17 heavy (non-hydrogen) atoms. The molecule has 0 saturated heterocycles. The van der Waals surface area contributed by atoms with Crippen LogP contribution in [0.2, 0.25) is 0 Å². The minimum atomic E-state index is 0.372. The zero-order valence-corrected chi connectivity index (χ0v) is 10.6. The lowest BCUT2D eigenvalue weighted by molar-refractivity contribution is 0.812. The number of aromatic nitrogens is 4. The van der Waals surface area contributed by atoms with Gasteiger partial charge in [0, 0.05) is 25.9 Å². The van der Waals surface area contributed by atoms with Gasteiger partial charge in [-0.2, -0.15) is 0 Å². The van der Waals surface area contributed by atoms with Crippen molar-refractivity contribution in [1.82, 2.24) is 19.5 Å². The van der Waals surface area contributed by atoms with Crippen LogP contribution in [0, 0.1) is 0 Å². The molecule has 2 rings (SSSR count). The summed E-state index contributed by atoms with van der Waals surface area (Å²) in [5.41, 5.74) is 1.95. The Morgan fingerprint density at radius 3 is 2.59 bits per heavy atom. The van der Waals surface area contributed by atoms with Gasteiger partial charge in [-0.25, -0.2) is 15.0 Å². The lowest BCUT2D eigenvalue weighted by Crippen LogP contribution is -2.03. The van der Waals surface area contributed by atoms with Gasteiger partial charge in [-0.05, 0) is 5.92 Å². The van der Waals surface area contributed by atoms with Gasteiger partial charge < -0.3 is 9.88 Å². The van der Waals surface area contributed by atoms with Crippen LogP contribution in [0.1, 0.15) is 25.5 Å². The normalized spacial score (nSPS) is 10.9. The van der Waals surface area contributed by atoms with Crippen molar-refractivity contribution in [2.45, 2.75) is 19.8 Å². The van der Waals surface area contributed by atoms with Gasteiger partial charge in [-0.1, -0.05) is 13.8 Å². The van der Waals surface area contributed by atoms with Crippen molar-refractivity contribution in [2.24, 2.45) is 7.05 Å². The summed E-state index contributed by atoms with van der Waals surface area (Å²) in [5.74, 6) is 1.91. The quantitative estimate of drug-likeness (QED) is 0.878. The maximum Gasteiger partial charge on any atom is 0.180 e. The Morgan fingerprint density at radius 2 is 2.06 bits per heavy atom. The van der Waals surface area contributed by atoms with Crippen LogP contribution in [0.5, 0.6) is 0 Å². The SMILES string of the molecule is CNc1cc(C(C)C)nc(-c2cncn2C)n1. The van der Waals surface area contributed by atoms with E-state index in [1.165, 1.54) is 0 Å². The highest BCUT2D eigenvalue weighted by Crippen LogP contribution is 2.20. The van der Waals surface area contributed by atoms with Crippen LogP contribution in [0.3, 0.4) is 0 Å². The minimum absolute atomic E-state index is 0.372. The van der Waals surface area contributed by atoms with Gasteiger partial charge in [-0.15, -0.1) is 0 Å². The molecule has 90 valence electrons. The van der Waals surface area contributed by atoms with E-state index in [9.17, 15) is 0 Å². The van der Waals surface area contributed by atoms with Crippen LogP contribution in [0.15, 0.2) is 18.6 Å². The first-order valence-corrected chi connectivity index (χ1v) is 5.65. The zero-order chi connectivity index (χ0) is 12.4. The number of nitrogens with one attached hydrogen (secondary N) is 1. The Bertz CT molecular complexity index is 515. The third-order valence-electron chi connectivity index (χ3n) is 2.64. The number of aryl methyl sites for hydroxylation is 1. The van der Waals surface area contributed by atoms with Crippen LogP contribution >= 0.6 is 0 Å². The molecule has 0 fully saturated rings. The number of imidazole rings is 1. The Labute approximate surface area is 101 Å². The molecule has 0 atom stereocenters. The van der Waals surface area contributed by atoms with Crippen molar-refractivity contribution in [1.29, 1.82) is 0 Å². The Morgan fingerprint density at radius 1 is 1.29 bits per heavy atom. The smallest absolute Gasteiger partial charge is 0.180 e. The van der Waals surface area contributed by atoms with Gasteiger partial charge >= 0.3 is 0 Å². The number of nitrogens with zero attached hydrogens (tertiary/aromatic N) is 4. The van der Waals surface area contributed by atoms with Crippen molar-refractivity contribution in [3.8, 4) is 11.5 Å². The fourth-order valence-electron chi connectivity index (χ4n) is 1.58. The second-order valence-electron chi connectivity index (χ2n) is 4.30. The second kappa shape index (κ2) is 4.53. The molecule has 0 radical (unpaired) electrons. The fourth-order valence-corrected chi connectivity index (χ4v) is 1.58. The highest BCUT2D eigenvalue weighted by atomic mass is 15.1. The Kier molecular flexibility index (Phi) is 3.08.